The lowest BCUT2D eigenvalue weighted by atomic mass is 10.0. The molecule has 3 aromatic rings. The Balaban J connectivity index is 1.98. The second kappa shape index (κ2) is 7.25. The Morgan fingerprint density at radius 3 is 1.12 bits per heavy atom. The molecule has 2 nitrogen and oxygen atoms in total. The molecule has 0 aliphatic carbocycles. The van der Waals surface area contributed by atoms with E-state index >= 15 is 0 Å². The molecule has 0 fully saturated rings. The van der Waals surface area contributed by atoms with Crippen LogP contribution < -0.4 is 10.6 Å². The van der Waals surface area contributed by atoms with E-state index in [9.17, 15) is 0 Å². The van der Waals surface area contributed by atoms with Gasteiger partial charge >= 0.3 is 0 Å². The Labute approximate surface area is 157 Å². The van der Waals surface area contributed by atoms with Crippen LogP contribution in [-0.2, 0) is 0 Å². The van der Waals surface area contributed by atoms with E-state index in [2.05, 4.69) is 101 Å². The van der Waals surface area contributed by atoms with Gasteiger partial charge in [0.2, 0.25) is 0 Å². The second-order valence-corrected chi connectivity index (χ2v) is 7.34. The molecule has 3 aromatic carbocycles. The summed E-state index contributed by atoms with van der Waals surface area (Å²) in [5.41, 5.74) is 12.2. The van der Waals surface area contributed by atoms with Crippen LogP contribution in [0.2, 0.25) is 0 Å². The van der Waals surface area contributed by atoms with Crippen LogP contribution in [0.5, 0.6) is 0 Å². The van der Waals surface area contributed by atoms with Gasteiger partial charge in [0.15, 0.2) is 0 Å². The molecule has 0 aromatic heterocycles. The Morgan fingerprint density at radius 2 is 0.808 bits per heavy atom. The van der Waals surface area contributed by atoms with Gasteiger partial charge in [-0.15, -0.1) is 0 Å². The lowest BCUT2D eigenvalue weighted by molar-refractivity contribution is 1.30. The molecule has 0 aliphatic rings. The molecule has 26 heavy (non-hydrogen) atoms. The van der Waals surface area contributed by atoms with Crippen LogP contribution in [0.1, 0.15) is 33.4 Å². The number of hydrogen-bond acceptors (Lipinski definition) is 2. The third kappa shape index (κ3) is 3.75. The van der Waals surface area contributed by atoms with Crippen molar-refractivity contribution in [2.24, 2.45) is 0 Å². The van der Waals surface area contributed by atoms with Gasteiger partial charge < -0.3 is 10.6 Å². The second-order valence-electron chi connectivity index (χ2n) is 7.34. The molecule has 0 amide bonds. The zero-order valence-electron chi connectivity index (χ0n) is 16.6. The Bertz CT molecular complexity index is 830. The summed E-state index contributed by atoms with van der Waals surface area (Å²) in [6.45, 7) is 12.9. The summed E-state index contributed by atoms with van der Waals surface area (Å²) in [6.07, 6.45) is 0. The molecule has 0 bridgehead atoms. The van der Waals surface area contributed by atoms with Crippen molar-refractivity contribution in [1.82, 2.24) is 0 Å². The van der Waals surface area contributed by atoms with Crippen LogP contribution in [0.3, 0.4) is 0 Å². The van der Waals surface area contributed by atoms with Gasteiger partial charge in [0.05, 0.1) is 11.4 Å². The fourth-order valence-electron chi connectivity index (χ4n) is 3.72. The molecular formula is C24H28N2. The van der Waals surface area contributed by atoms with Crippen molar-refractivity contribution in [3.8, 4) is 0 Å². The van der Waals surface area contributed by atoms with Crippen molar-refractivity contribution in [2.75, 3.05) is 10.6 Å². The van der Waals surface area contributed by atoms with Gasteiger partial charge in [0.25, 0.3) is 0 Å². The number of rotatable bonds is 4. The average molecular weight is 345 g/mol. The first-order valence-corrected chi connectivity index (χ1v) is 9.14. The predicted molar refractivity (Wildman–Crippen MR) is 114 cm³/mol. The Morgan fingerprint density at radius 1 is 0.500 bits per heavy atom. The summed E-state index contributed by atoms with van der Waals surface area (Å²) < 4.78 is 0. The predicted octanol–water partition coefficient (Wildman–Crippen LogP) is 7.02. The van der Waals surface area contributed by atoms with E-state index in [1.807, 2.05) is 0 Å². The number of nitrogens with one attached hydrogen (secondary N) is 2. The number of anilines is 4. The number of benzene rings is 3. The first kappa shape index (κ1) is 18.1. The first-order chi connectivity index (χ1) is 12.3. The Kier molecular flexibility index (Phi) is 5.03. The highest BCUT2D eigenvalue weighted by Crippen LogP contribution is 2.33. The molecular weight excluding hydrogens is 316 g/mol. The van der Waals surface area contributed by atoms with Gasteiger partial charge in [-0.05, 0) is 75.9 Å². The van der Waals surface area contributed by atoms with Gasteiger partial charge in [-0.3, -0.25) is 0 Å². The van der Waals surface area contributed by atoms with Gasteiger partial charge in [-0.1, -0.05) is 47.5 Å². The molecule has 0 aliphatic heterocycles. The maximum atomic E-state index is 3.64. The third-order valence-corrected chi connectivity index (χ3v) is 4.80. The smallest absolute Gasteiger partial charge is 0.0623 e. The molecule has 0 saturated heterocycles. The maximum Gasteiger partial charge on any atom is 0.0623 e. The van der Waals surface area contributed by atoms with Gasteiger partial charge in [0.1, 0.15) is 0 Å². The minimum absolute atomic E-state index is 1.09. The van der Waals surface area contributed by atoms with Crippen LogP contribution in [0.15, 0.2) is 48.5 Å². The minimum Gasteiger partial charge on any atom is -0.353 e. The molecule has 2 N–H and O–H groups in total. The maximum absolute atomic E-state index is 3.64. The standard InChI is InChI=1S/C24H28N2/c1-15-11-17(3)23(18(4)12-15)25-21-9-7-8-10-22(21)26-24-19(5)13-16(2)14-20(24)6/h7-14,25-26H,1-6H3. The zero-order valence-corrected chi connectivity index (χ0v) is 16.6. The zero-order chi connectivity index (χ0) is 18.8. The molecule has 0 spiro atoms. The molecule has 0 saturated carbocycles. The van der Waals surface area contributed by atoms with E-state index in [0.717, 1.165) is 11.4 Å². The normalized spacial score (nSPS) is 10.7. The summed E-state index contributed by atoms with van der Waals surface area (Å²) in [5, 5.41) is 7.29. The highest BCUT2D eigenvalue weighted by atomic mass is 15.0. The largest absolute Gasteiger partial charge is 0.353 e. The van der Waals surface area contributed by atoms with Crippen molar-refractivity contribution in [3.63, 3.8) is 0 Å². The quantitative estimate of drug-likeness (QED) is 0.531. The van der Waals surface area contributed by atoms with E-state index in [1.54, 1.807) is 0 Å². The summed E-state index contributed by atoms with van der Waals surface area (Å²) in [6, 6.07) is 17.3. The molecule has 2 heteroatoms. The van der Waals surface area contributed by atoms with E-state index in [1.165, 1.54) is 44.8 Å². The summed E-state index contributed by atoms with van der Waals surface area (Å²) in [4.78, 5) is 0. The fourth-order valence-corrected chi connectivity index (χ4v) is 3.72. The van der Waals surface area contributed by atoms with Gasteiger partial charge in [0, 0.05) is 11.4 Å². The van der Waals surface area contributed by atoms with Crippen LogP contribution in [0.25, 0.3) is 0 Å². The number of aryl methyl sites for hydroxylation is 6. The van der Waals surface area contributed by atoms with Gasteiger partial charge in [-0.2, -0.15) is 0 Å². The van der Waals surface area contributed by atoms with Crippen LogP contribution >= 0.6 is 0 Å². The van der Waals surface area contributed by atoms with Crippen molar-refractivity contribution in [3.05, 3.63) is 81.9 Å². The number of hydrogen-bond donors (Lipinski definition) is 2. The first-order valence-electron chi connectivity index (χ1n) is 9.14. The van der Waals surface area contributed by atoms with Crippen molar-refractivity contribution in [2.45, 2.75) is 41.5 Å². The molecule has 3 rings (SSSR count). The van der Waals surface area contributed by atoms with Gasteiger partial charge in [-0.25, -0.2) is 0 Å². The fraction of sp³-hybridized carbons (Fsp3) is 0.250. The topological polar surface area (TPSA) is 24.1 Å². The van der Waals surface area contributed by atoms with E-state index in [4.69, 9.17) is 0 Å². The number of para-hydroxylation sites is 2. The van der Waals surface area contributed by atoms with Crippen LogP contribution in [0.4, 0.5) is 22.7 Å². The SMILES string of the molecule is Cc1cc(C)c(Nc2ccccc2Nc2c(C)cc(C)cc2C)c(C)c1. The molecule has 0 unspecified atom stereocenters. The average Bonchev–Trinajstić information content (AvgIpc) is 2.55. The van der Waals surface area contributed by atoms with Crippen molar-refractivity contribution in [1.29, 1.82) is 0 Å². The molecule has 0 atom stereocenters. The lowest BCUT2D eigenvalue weighted by Crippen LogP contribution is -2.02. The van der Waals surface area contributed by atoms with E-state index in [-0.39, 0.29) is 0 Å². The highest BCUT2D eigenvalue weighted by Gasteiger charge is 2.10. The minimum atomic E-state index is 1.09. The summed E-state index contributed by atoms with van der Waals surface area (Å²) in [7, 11) is 0. The summed E-state index contributed by atoms with van der Waals surface area (Å²) >= 11 is 0. The lowest BCUT2D eigenvalue weighted by Gasteiger charge is -2.19. The molecule has 0 heterocycles. The van der Waals surface area contributed by atoms with E-state index in [0.29, 0.717) is 0 Å². The van der Waals surface area contributed by atoms with Crippen LogP contribution in [0, 0.1) is 41.5 Å². The molecule has 0 radical (unpaired) electrons. The third-order valence-electron chi connectivity index (χ3n) is 4.80. The monoisotopic (exact) mass is 344 g/mol. The molecule has 134 valence electrons. The highest BCUT2D eigenvalue weighted by molar-refractivity contribution is 5.81. The van der Waals surface area contributed by atoms with Crippen molar-refractivity contribution >= 4 is 22.7 Å². The van der Waals surface area contributed by atoms with Crippen molar-refractivity contribution < 1.29 is 0 Å². The van der Waals surface area contributed by atoms with E-state index < -0.39 is 0 Å². The summed E-state index contributed by atoms with van der Waals surface area (Å²) in [5.74, 6) is 0. The van der Waals surface area contributed by atoms with Crippen LogP contribution in [-0.4, -0.2) is 0 Å². The Hall–Kier alpha value is -2.74.